The Labute approximate surface area is 98.6 Å². The van der Waals surface area contributed by atoms with E-state index < -0.39 is 0 Å². The molecule has 5 nitrogen and oxygen atoms in total. The summed E-state index contributed by atoms with van der Waals surface area (Å²) >= 11 is 0. The molecular formula is C12H13N3O2. The third-order valence-electron chi connectivity index (χ3n) is 3.66. The number of amides is 2. The molecule has 17 heavy (non-hydrogen) atoms. The van der Waals surface area contributed by atoms with Gasteiger partial charge in [0.1, 0.15) is 0 Å². The number of carbonyl (C=O) groups is 2. The zero-order valence-corrected chi connectivity index (χ0v) is 9.30. The minimum absolute atomic E-state index is 0.101. The van der Waals surface area contributed by atoms with E-state index in [1.165, 1.54) is 11.1 Å². The van der Waals surface area contributed by atoms with Gasteiger partial charge < -0.3 is 5.73 Å². The highest BCUT2D eigenvalue weighted by atomic mass is 16.2. The van der Waals surface area contributed by atoms with Crippen LogP contribution in [-0.2, 0) is 9.59 Å². The van der Waals surface area contributed by atoms with Gasteiger partial charge in [-0.1, -0.05) is 6.42 Å². The summed E-state index contributed by atoms with van der Waals surface area (Å²) in [6.45, 7) is 0. The Kier molecular flexibility index (Phi) is 2.14. The third-order valence-corrected chi connectivity index (χ3v) is 3.66. The molecule has 2 amide bonds. The number of imide groups is 1. The van der Waals surface area contributed by atoms with E-state index in [0.29, 0.717) is 11.4 Å². The van der Waals surface area contributed by atoms with Crippen LogP contribution in [0.15, 0.2) is 18.5 Å². The molecule has 88 valence electrons. The van der Waals surface area contributed by atoms with E-state index in [1.807, 2.05) is 0 Å². The lowest BCUT2D eigenvalue weighted by atomic mass is 10.00. The molecule has 1 aromatic heterocycles. The van der Waals surface area contributed by atoms with Gasteiger partial charge in [0.15, 0.2) is 0 Å². The lowest BCUT2D eigenvalue weighted by molar-refractivity contribution is -0.122. The first-order valence-electron chi connectivity index (χ1n) is 5.77. The highest BCUT2D eigenvalue weighted by molar-refractivity contribution is 6.23. The number of nitrogens with zero attached hydrogens (tertiary/aromatic N) is 2. The summed E-state index contributed by atoms with van der Waals surface area (Å²) in [5.74, 6) is -0.462. The molecule has 0 bridgehead atoms. The zero-order valence-electron chi connectivity index (χ0n) is 9.30. The topological polar surface area (TPSA) is 76.3 Å². The van der Waals surface area contributed by atoms with Crippen LogP contribution in [-0.4, -0.2) is 16.8 Å². The maximum atomic E-state index is 12.2. The average molecular weight is 231 g/mol. The fourth-order valence-electron chi connectivity index (χ4n) is 2.83. The first kappa shape index (κ1) is 10.3. The number of hydrogen-bond donors (Lipinski definition) is 1. The van der Waals surface area contributed by atoms with Crippen LogP contribution in [0, 0.1) is 11.8 Å². The summed E-state index contributed by atoms with van der Waals surface area (Å²) in [4.78, 5) is 29.5. The van der Waals surface area contributed by atoms with E-state index in [1.54, 1.807) is 12.3 Å². The van der Waals surface area contributed by atoms with Crippen molar-refractivity contribution in [3.8, 4) is 0 Å². The smallest absolute Gasteiger partial charge is 0.237 e. The van der Waals surface area contributed by atoms with Crippen LogP contribution in [0.3, 0.4) is 0 Å². The van der Waals surface area contributed by atoms with Crippen molar-refractivity contribution in [2.45, 2.75) is 19.3 Å². The number of rotatable bonds is 1. The van der Waals surface area contributed by atoms with Crippen molar-refractivity contribution in [1.82, 2.24) is 4.98 Å². The first-order chi connectivity index (χ1) is 8.20. The average Bonchev–Trinajstić information content (AvgIpc) is 2.87. The Morgan fingerprint density at radius 1 is 1.24 bits per heavy atom. The van der Waals surface area contributed by atoms with E-state index in [0.717, 1.165) is 19.3 Å². The quantitative estimate of drug-likeness (QED) is 0.730. The van der Waals surface area contributed by atoms with E-state index in [9.17, 15) is 9.59 Å². The van der Waals surface area contributed by atoms with Crippen LogP contribution < -0.4 is 10.6 Å². The zero-order chi connectivity index (χ0) is 12.0. The van der Waals surface area contributed by atoms with Crippen LogP contribution >= 0.6 is 0 Å². The van der Waals surface area contributed by atoms with E-state index in [-0.39, 0.29) is 23.7 Å². The standard InChI is InChI=1S/C12H13N3O2/c13-9-6-14-5-4-10(9)15-11(16)7-2-1-3-8(7)12(15)17/h4-8H,1-3,13H2. The van der Waals surface area contributed by atoms with E-state index in [4.69, 9.17) is 5.73 Å². The van der Waals surface area contributed by atoms with Gasteiger partial charge in [-0.25, -0.2) is 4.90 Å². The van der Waals surface area contributed by atoms with Gasteiger partial charge in [-0.3, -0.25) is 14.6 Å². The molecule has 2 N–H and O–H groups in total. The molecule has 3 rings (SSSR count). The molecule has 1 aliphatic carbocycles. The monoisotopic (exact) mass is 231 g/mol. The Bertz CT molecular complexity index is 478. The number of anilines is 2. The van der Waals surface area contributed by atoms with Gasteiger partial charge in [0.05, 0.1) is 29.4 Å². The van der Waals surface area contributed by atoms with Crippen molar-refractivity contribution in [2.24, 2.45) is 11.8 Å². The van der Waals surface area contributed by atoms with Gasteiger partial charge in [0, 0.05) is 6.20 Å². The van der Waals surface area contributed by atoms with Gasteiger partial charge in [0.25, 0.3) is 0 Å². The fourth-order valence-corrected chi connectivity index (χ4v) is 2.83. The maximum absolute atomic E-state index is 12.2. The molecule has 2 aliphatic rings. The Morgan fingerprint density at radius 2 is 1.88 bits per heavy atom. The predicted octanol–water partition coefficient (Wildman–Crippen LogP) is 0.953. The number of fused-ring (bicyclic) bond motifs is 1. The molecule has 1 saturated carbocycles. The molecule has 2 heterocycles. The molecule has 1 aromatic rings. The van der Waals surface area contributed by atoms with Crippen LogP contribution in [0.4, 0.5) is 11.4 Å². The lowest BCUT2D eigenvalue weighted by Gasteiger charge is -2.17. The molecule has 1 saturated heterocycles. The molecule has 1 aliphatic heterocycles. The Balaban J connectivity index is 2.03. The van der Waals surface area contributed by atoms with Crippen molar-refractivity contribution < 1.29 is 9.59 Å². The summed E-state index contributed by atoms with van der Waals surface area (Å²) in [5.41, 5.74) is 6.61. The van der Waals surface area contributed by atoms with Crippen molar-refractivity contribution in [2.75, 3.05) is 10.6 Å². The van der Waals surface area contributed by atoms with E-state index in [2.05, 4.69) is 4.98 Å². The molecule has 2 unspecified atom stereocenters. The molecule has 5 heteroatoms. The number of nitrogens with two attached hydrogens (primary N) is 1. The largest absolute Gasteiger partial charge is 0.396 e. The van der Waals surface area contributed by atoms with Crippen molar-refractivity contribution in [1.29, 1.82) is 0 Å². The maximum Gasteiger partial charge on any atom is 0.237 e. The molecule has 0 aromatic carbocycles. The Morgan fingerprint density at radius 3 is 2.47 bits per heavy atom. The summed E-state index contributed by atoms with van der Waals surface area (Å²) in [6.07, 6.45) is 5.60. The van der Waals surface area contributed by atoms with Crippen molar-refractivity contribution in [3.05, 3.63) is 18.5 Å². The first-order valence-corrected chi connectivity index (χ1v) is 5.77. The molecule has 2 fully saturated rings. The lowest BCUT2D eigenvalue weighted by Crippen LogP contribution is -2.32. The third kappa shape index (κ3) is 1.35. The fraction of sp³-hybridized carbons (Fsp3) is 0.417. The Hall–Kier alpha value is -1.91. The van der Waals surface area contributed by atoms with Crippen LogP contribution in [0.5, 0.6) is 0 Å². The van der Waals surface area contributed by atoms with Gasteiger partial charge >= 0.3 is 0 Å². The second-order valence-corrected chi connectivity index (χ2v) is 4.59. The van der Waals surface area contributed by atoms with Crippen molar-refractivity contribution >= 4 is 23.2 Å². The molecule has 2 atom stereocenters. The van der Waals surface area contributed by atoms with Crippen LogP contribution in [0.25, 0.3) is 0 Å². The summed E-state index contributed by atoms with van der Waals surface area (Å²) in [6, 6.07) is 1.62. The number of pyridine rings is 1. The second-order valence-electron chi connectivity index (χ2n) is 4.59. The number of hydrogen-bond acceptors (Lipinski definition) is 4. The number of aromatic nitrogens is 1. The minimum atomic E-state index is -0.130. The number of carbonyl (C=O) groups excluding carboxylic acids is 2. The summed E-state index contributed by atoms with van der Waals surface area (Å²) in [7, 11) is 0. The van der Waals surface area contributed by atoms with Crippen LogP contribution in [0.1, 0.15) is 19.3 Å². The van der Waals surface area contributed by atoms with Gasteiger partial charge in [-0.15, -0.1) is 0 Å². The van der Waals surface area contributed by atoms with Crippen LogP contribution in [0.2, 0.25) is 0 Å². The van der Waals surface area contributed by atoms with Gasteiger partial charge in [-0.2, -0.15) is 0 Å². The normalized spacial score (nSPS) is 27.6. The molecular weight excluding hydrogens is 218 g/mol. The molecule has 0 spiro atoms. The SMILES string of the molecule is Nc1cnccc1N1C(=O)C2CCCC2C1=O. The molecule has 0 radical (unpaired) electrons. The van der Waals surface area contributed by atoms with E-state index >= 15 is 0 Å². The highest BCUT2D eigenvalue weighted by Gasteiger charge is 2.50. The highest BCUT2D eigenvalue weighted by Crippen LogP contribution is 2.42. The minimum Gasteiger partial charge on any atom is -0.396 e. The summed E-state index contributed by atoms with van der Waals surface area (Å²) < 4.78 is 0. The second kappa shape index (κ2) is 3.55. The van der Waals surface area contributed by atoms with Crippen molar-refractivity contribution in [3.63, 3.8) is 0 Å². The predicted molar refractivity (Wildman–Crippen MR) is 62.0 cm³/mol. The number of nitrogen functional groups attached to an aromatic ring is 1. The summed E-state index contributed by atoms with van der Waals surface area (Å²) in [5, 5.41) is 0. The van der Waals surface area contributed by atoms with Gasteiger partial charge in [0.2, 0.25) is 11.8 Å². The van der Waals surface area contributed by atoms with Gasteiger partial charge in [-0.05, 0) is 18.9 Å².